The van der Waals surface area contributed by atoms with Crippen LogP contribution in [0.4, 0.5) is 0 Å². The minimum absolute atomic E-state index is 0.00951. The molecule has 2 aromatic heterocycles. The number of carboxylic acid groups (broad SMARTS) is 1. The van der Waals surface area contributed by atoms with E-state index >= 15 is 0 Å². The van der Waals surface area contributed by atoms with Gasteiger partial charge in [-0.1, -0.05) is 66.7 Å². The number of hydrogen-bond donors (Lipinski definition) is 17. The van der Waals surface area contributed by atoms with Gasteiger partial charge < -0.3 is 91.0 Å². The van der Waals surface area contributed by atoms with Crippen LogP contribution in [0.15, 0.2) is 96.2 Å². The Balaban J connectivity index is 1.39. The number of nitrogens with one attached hydrogen (secondary N) is 11. The van der Waals surface area contributed by atoms with E-state index in [1.165, 1.54) is 20.8 Å². The number of carbonyl (C=O) groups is 10. The van der Waals surface area contributed by atoms with Crippen LogP contribution in [-0.4, -0.2) is 166 Å². The van der Waals surface area contributed by atoms with Crippen LogP contribution in [0.1, 0.15) is 69.6 Å². The lowest BCUT2D eigenvalue weighted by Gasteiger charge is -2.27. The average Bonchev–Trinajstić information content (AvgIpc) is 3.25. The standard InChI is InChI=1S/C57H78N16O12/c1-31(48(77)65-29-47(75)76)66-49(78)32(2)68-54(83)45(25-35-27-63-40-18-9-7-16-37(35)40)73-56(85)46(26-36-28-64-41-19-10-8-17-38(36)41)71-50(79)33(3)67-52(81)42(20-11-12-22-58)70-55(84)44(24-34-14-5-4-6-15-34)72-53(82)43(21-13-23-62-57(60)61)69-51(80)39(59)30-74/h4-10,14-19,27-28,31-33,39,42-46,63-64,74H,11-13,20-26,29-30,58-59H2,1-3H3,(H,65,77)(H,66,78)(H,67,81)(H,68,83)(H,69,80)(H,70,84)(H,71,79)(H,72,82)(H,73,85)(H,75,76)(H4,60,61,62)/t31-,32-,33-,39-,42-,43-,44-,45-,46-/m0/s1. The molecule has 3 aromatic carbocycles. The smallest absolute Gasteiger partial charge is 0.322 e. The number of hydrogen-bond acceptors (Lipinski definition) is 14. The summed E-state index contributed by atoms with van der Waals surface area (Å²) in [5.74, 6) is -8.79. The maximum Gasteiger partial charge on any atom is 0.322 e. The topological polar surface area (TPSA) is 467 Å². The van der Waals surface area contributed by atoms with Gasteiger partial charge in [-0.3, -0.25) is 52.9 Å². The van der Waals surface area contributed by atoms with Crippen LogP contribution in [0.3, 0.4) is 0 Å². The molecule has 0 unspecified atom stereocenters. The molecule has 0 saturated carbocycles. The van der Waals surface area contributed by atoms with Crippen LogP contribution < -0.4 is 70.8 Å². The van der Waals surface area contributed by atoms with E-state index in [-0.39, 0.29) is 57.6 Å². The van der Waals surface area contributed by atoms with Crippen LogP contribution >= 0.6 is 0 Å². The summed E-state index contributed by atoms with van der Waals surface area (Å²) in [6, 6.07) is 11.2. The number of unbranched alkanes of at least 4 members (excludes halogenated alkanes) is 1. The van der Waals surface area contributed by atoms with Gasteiger partial charge in [0.2, 0.25) is 53.2 Å². The minimum Gasteiger partial charge on any atom is -0.480 e. The molecule has 9 amide bonds. The van der Waals surface area contributed by atoms with Crippen molar-refractivity contribution < 1.29 is 58.2 Å². The number of aliphatic imine (C=N–C) groups is 1. The van der Waals surface area contributed by atoms with Crippen molar-refractivity contribution in [1.29, 1.82) is 0 Å². The van der Waals surface area contributed by atoms with E-state index < -0.39 is 127 Å². The number of aliphatic hydroxyl groups is 1. The number of benzene rings is 3. The summed E-state index contributed by atoms with van der Waals surface area (Å²) in [4.78, 5) is 146. The molecular formula is C57H78N16O12. The second kappa shape index (κ2) is 33.0. The van der Waals surface area contributed by atoms with E-state index in [1.807, 2.05) is 36.4 Å². The van der Waals surface area contributed by atoms with E-state index in [0.29, 0.717) is 29.5 Å². The molecule has 85 heavy (non-hydrogen) atoms. The average molecular weight is 1180 g/mol. The quantitative estimate of drug-likeness (QED) is 0.0113. The molecule has 458 valence electrons. The number of para-hydroxylation sites is 2. The molecule has 0 aliphatic rings. The van der Waals surface area contributed by atoms with Crippen molar-refractivity contribution in [3.05, 3.63) is 108 Å². The zero-order chi connectivity index (χ0) is 62.2. The van der Waals surface area contributed by atoms with Gasteiger partial charge in [-0.2, -0.15) is 0 Å². The summed E-state index contributed by atoms with van der Waals surface area (Å²) in [6.45, 7) is 2.99. The maximum atomic E-state index is 14.8. The van der Waals surface area contributed by atoms with Gasteiger partial charge in [0.15, 0.2) is 5.96 Å². The van der Waals surface area contributed by atoms with Crippen LogP contribution in [0.5, 0.6) is 0 Å². The third kappa shape index (κ3) is 20.8. The number of rotatable bonds is 34. The van der Waals surface area contributed by atoms with Gasteiger partial charge in [-0.15, -0.1) is 0 Å². The van der Waals surface area contributed by atoms with Crippen molar-refractivity contribution >= 4 is 86.9 Å². The number of nitrogens with two attached hydrogens (primary N) is 4. The Bertz CT molecular complexity index is 3150. The summed E-state index contributed by atoms with van der Waals surface area (Å²) < 4.78 is 0. The van der Waals surface area contributed by atoms with Gasteiger partial charge >= 0.3 is 5.97 Å². The SMILES string of the molecule is C[C@H](NC(=O)[C@H](C)NC(=O)[C@H](Cc1c[nH]c2ccccc12)NC(=O)[C@H](Cc1c[nH]c2ccccc12)NC(=O)[C@H](C)NC(=O)[C@H](CCCCN)NC(=O)[C@H](Cc1ccccc1)NC(=O)[C@H](CCCN=C(N)N)NC(=O)[C@@H](N)CO)C(=O)NCC(=O)O. The molecule has 5 rings (SSSR count). The van der Waals surface area contributed by atoms with E-state index in [2.05, 4.69) is 62.8 Å². The fourth-order valence-corrected chi connectivity index (χ4v) is 9.01. The lowest BCUT2D eigenvalue weighted by atomic mass is 10.0. The maximum absolute atomic E-state index is 14.8. The van der Waals surface area contributed by atoms with Crippen molar-refractivity contribution in [1.82, 2.24) is 57.8 Å². The Morgan fingerprint density at radius 3 is 1.44 bits per heavy atom. The van der Waals surface area contributed by atoms with Crippen LogP contribution in [0.25, 0.3) is 21.8 Å². The van der Waals surface area contributed by atoms with Crippen molar-refractivity contribution in [3.8, 4) is 0 Å². The molecule has 9 atom stereocenters. The summed E-state index contributed by atoms with van der Waals surface area (Å²) >= 11 is 0. The molecule has 0 fully saturated rings. The highest BCUT2D eigenvalue weighted by Crippen LogP contribution is 2.22. The number of guanidine groups is 1. The van der Waals surface area contributed by atoms with E-state index in [4.69, 9.17) is 28.0 Å². The number of fused-ring (bicyclic) bond motifs is 2. The summed E-state index contributed by atoms with van der Waals surface area (Å²) in [6.07, 6.45) is 4.03. The molecule has 5 aromatic rings. The highest BCUT2D eigenvalue weighted by Gasteiger charge is 2.34. The molecule has 28 nitrogen and oxygen atoms in total. The zero-order valence-electron chi connectivity index (χ0n) is 47.6. The largest absolute Gasteiger partial charge is 0.480 e. The molecule has 0 aliphatic carbocycles. The Morgan fingerprint density at radius 2 is 0.918 bits per heavy atom. The second-order valence-corrected chi connectivity index (χ2v) is 20.4. The minimum atomic E-state index is -1.42. The fourth-order valence-electron chi connectivity index (χ4n) is 9.01. The Morgan fingerprint density at radius 1 is 0.506 bits per heavy atom. The lowest BCUT2D eigenvalue weighted by Crippen LogP contribution is -2.60. The number of aromatic amines is 2. The van der Waals surface area contributed by atoms with Gasteiger partial charge in [-0.25, -0.2) is 0 Å². The van der Waals surface area contributed by atoms with Gasteiger partial charge in [0.25, 0.3) is 0 Å². The lowest BCUT2D eigenvalue weighted by molar-refractivity contribution is -0.138. The first kappa shape index (κ1) is 66.4. The molecule has 28 heteroatoms. The number of carbonyl (C=O) groups excluding carboxylic acids is 9. The number of aliphatic carboxylic acids is 1. The van der Waals surface area contributed by atoms with Crippen molar-refractivity contribution in [2.75, 3.05) is 26.2 Å². The molecule has 0 saturated heterocycles. The Labute approximate surface area is 490 Å². The van der Waals surface area contributed by atoms with Gasteiger partial charge in [-0.05, 0) is 88.2 Å². The Hall–Kier alpha value is -9.41. The van der Waals surface area contributed by atoms with Gasteiger partial charge in [0.1, 0.15) is 60.9 Å². The summed E-state index contributed by atoms with van der Waals surface area (Å²) in [5, 5.41) is 43.2. The first-order chi connectivity index (χ1) is 40.6. The normalized spacial score (nSPS) is 14.3. The van der Waals surface area contributed by atoms with Crippen LogP contribution in [0, 0.1) is 0 Å². The molecule has 0 radical (unpaired) electrons. The van der Waals surface area contributed by atoms with Crippen LogP contribution in [-0.2, 0) is 67.2 Å². The van der Waals surface area contributed by atoms with Crippen molar-refractivity contribution in [3.63, 3.8) is 0 Å². The summed E-state index contributed by atoms with van der Waals surface area (Å²) in [5.41, 5.74) is 25.8. The third-order valence-electron chi connectivity index (χ3n) is 13.7. The number of nitrogens with zero attached hydrogens (tertiary/aromatic N) is 1. The molecule has 0 spiro atoms. The first-order valence-electron chi connectivity index (χ1n) is 27.8. The highest BCUT2D eigenvalue weighted by atomic mass is 16.4. The van der Waals surface area contributed by atoms with E-state index in [1.54, 1.807) is 54.9 Å². The first-order valence-corrected chi connectivity index (χ1v) is 27.8. The van der Waals surface area contributed by atoms with Gasteiger partial charge in [0, 0.05) is 60.0 Å². The van der Waals surface area contributed by atoms with Gasteiger partial charge in [0.05, 0.1) is 6.61 Å². The predicted octanol–water partition coefficient (Wildman–Crippen LogP) is -2.68. The number of aliphatic hydroxyl groups excluding tert-OH is 1. The van der Waals surface area contributed by atoms with E-state index in [9.17, 15) is 53.1 Å². The highest BCUT2D eigenvalue weighted by molar-refractivity contribution is 5.99. The summed E-state index contributed by atoms with van der Waals surface area (Å²) in [7, 11) is 0. The number of amides is 9. The van der Waals surface area contributed by atoms with Crippen molar-refractivity contribution in [2.24, 2.45) is 27.9 Å². The monoisotopic (exact) mass is 1180 g/mol. The number of aromatic nitrogens is 2. The van der Waals surface area contributed by atoms with Crippen LogP contribution in [0.2, 0.25) is 0 Å². The third-order valence-corrected chi connectivity index (χ3v) is 13.7. The predicted molar refractivity (Wildman–Crippen MR) is 315 cm³/mol. The number of carboxylic acids is 1. The number of H-pyrrole nitrogens is 2. The zero-order valence-corrected chi connectivity index (χ0v) is 47.6. The fraction of sp³-hybridized carbons (Fsp3) is 0.421. The van der Waals surface area contributed by atoms with E-state index in [0.717, 1.165) is 21.8 Å². The second-order valence-electron chi connectivity index (χ2n) is 20.4. The molecule has 0 bridgehead atoms. The van der Waals surface area contributed by atoms with Crippen molar-refractivity contribution in [2.45, 2.75) is 127 Å². The molecule has 21 N–H and O–H groups in total. The molecule has 2 heterocycles. The Kier molecular flexibility index (Phi) is 25.8. The molecule has 0 aliphatic heterocycles. The molecular weight excluding hydrogens is 1100 g/mol.